The molecule has 1 aromatic carbocycles. The van der Waals surface area contributed by atoms with Crippen molar-refractivity contribution in [3.63, 3.8) is 0 Å². The molecule has 0 bridgehead atoms. The predicted octanol–water partition coefficient (Wildman–Crippen LogP) is 1.69. The van der Waals surface area contributed by atoms with Crippen LogP contribution in [0.3, 0.4) is 0 Å². The van der Waals surface area contributed by atoms with Crippen LogP contribution in [0.1, 0.15) is 24.2 Å². The van der Waals surface area contributed by atoms with Crippen LogP contribution >= 0.6 is 0 Å². The Labute approximate surface area is 125 Å². The molecule has 1 aromatic heterocycles. The average Bonchev–Trinajstić information content (AvgIpc) is 2.87. The van der Waals surface area contributed by atoms with Gasteiger partial charge in [0.25, 0.3) is 0 Å². The van der Waals surface area contributed by atoms with E-state index in [0.717, 1.165) is 5.75 Å². The molecule has 0 aliphatic heterocycles. The summed E-state index contributed by atoms with van der Waals surface area (Å²) in [5.74, 6) is 0.624. The number of ether oxygens (including phenoxy) is 1. The van der Waals surface area contributed by atoms with Gasteiger partial charge in [0.1, 0.15) is 12.1 Å². The van der Waals surface area contributed by atoms with Crippen molar-refractivity contribution in [2.75, 3.05) is 6.26 Å². The van der Waals surface area contributed by atoms with Crippen molar-refractivity contribution in [3.8, 4) is 5.75 Å². The van der Waals surface area contributed by atoms with Gasteiger partial charge in [0.05, 0.1) is 23.4 Å². The Morgan fingerprint density at radius 1 is 1.33 bits per heavy atom. The molecule has 6 nitrogen and oxygen atoms in total. The Bertz CT molecular complexity index is 650. The molecule has 2 rings (SSSR count). The SMILES string of the molecule is CC(C)Oc1ccc(C(=O)Cn2cnnc2S(C)=O)cc1. The highest BCUT2D eigenvalue weighted by Gasteiger charge is 2.13. The predicted molar refractivity (Wildman–Crippen MR) is 78.9 cm³/mol. The second-order valence-electron chi connectivity index (χ2n) is 4.81. The first-order valence-electron chi connectivity index (χ1n) is 6.48. The van der Waals surface area contributed by atoms with E-state index in [9.17, 15) is 9.00 Å². The number of hydrogen-bond donors (Lipinski definition) is 0. The summed E-state index contributed by atoms with van der Waals surface area (Å²) in [7, 11) is -1.28. The van der Waals surface area contributed by atoms with Crippen LogP contribution in [0.25, 0.3) is 0 Å². The second kappa shape index (κ2) is 6.62. The first kappa shape index (κ1) is 15.4. The molecule has 1 atom stereocenters. The summed E-state index contributed by atoms with van der Waals surface area (Å²) in [5, 5.41) is 7.73. The lowest BCUT2D eigenvalue weighted by atomic mass is 10.1. The van der Waals surface area contributed by atoms with Crippen LogP contribution in [0.4, 0.5) is 0 Å². The Morgan fingerprint density at radius 2 is 2.00 bits per heavy atom. The van der Waals surface area contributed by atoms with Gasteiger partial charge in [-0.05, 0) is 38.1 Å². The molecule has 0 radical (unpaired) electrons. The monoisotopic (exact) mass is 307 g/mol. The molecule has 112 valence electrons. The van der Waals surface area contributed by atoms with Crippen LogP contribution in [0.15, 0.2) is 35.7 Å². The van der Waals surface area contributed by atoms with E-state index in [0.29, 0.717) is 10.7 Å². The molecule has 2 aromatic rings. The summed E-state index contributed by atoms with van der Waals surface area (Å²) in [6, 6.07) is 6.95. The fraction of sp³-hybridized carbons (Fsp3) is 0.357. The van der Waals surface area contributed by atoms with E-state index in [1.807, 2.05) is 13.8 Å². The van der Waals surface area contributed by atoms with E-state index in [1.54, 1.807) is 24.3 Å². The van der Waals surface area contributed by atoms with E-state index in [1.165, 1.54) is 17.2 Å². The number of aromatic nitrogens is 3. The molecule has 0 N–H and O–H groups in total. The summed E-state index contributed by atoms with van der Waals surface area (Å²) in [5.41, 5.74) is 0.563. The molecule has 1 unspecified atom stereocenters. The molecule has 21 heavy (non-hydrogen) atoms. The van der Waals surface area contributed by atoms with Gasteiger partial charge >= 0.3 is 0 Å². The molecule has 1 heterocycles. The molecule has 7 heteroatoms. The highest BCUT2D eigenvalue weighted by Crippen LogP contribution is 2.15. The third-order valence-corrected chi connectivity index (χ3v) is 3.53. The summed E-state index contributed by atoms with van der Waals surface area (Å²) < 4.78 is 18.5. The van der Waals surface area contributed by atoms with Crippen molar-refractivity contribution in [3.05, 3.63) is 36.2 Å². The fourth-order valence-electron chi connectivity index (χ4n) is 1.81. The molecule has 0 saturated carbocycles. The zero-order valence-electron chi connectivity index (χ0n) is 12.1. The summed E-state index contributed by atoms with van der Waals surface area (Å²) in [4.78, 5) is 12.2. The van der Waals surface area contributed by atoms with Crippen molar-refractivity contribution in [1.82, 2.24) is 14.8 Å². The quantitative estimate of drug-likeness (QED) is 0.759. The van der Waals surface area contributed by atoms with E-state index in [-0.39, 0.29) is 18.4 Å². The fourth-order valence-corrected chi connectivity index (χ4v) is 2.42. The van der Waals surface area contributed by atoms with Gasteiger partial charge in [-0.15, -0.1) is 10.2 Å². The smallest absolute Gasteiger partial charge is 0.221 e. The van der Waals surface area contributed by atoms with Crippen LogP contribution in [0.2, 0.25) is 0 Å². The van der Waals surface area contributed by atoms with E-state index in [2.05, 4.69) is 10.2 Å². The van der Waals surface area contributed by atoms with Crippen molar-refractivity contribution in [2.45, 2.75) is 31.7 Å². The van der Waals surface area contributed by atoms with Gasteiger partial charge in [-0.25, -0.2) is 0 Å². The second-order valence-corrected chi connectivity index (χ2v) is 6.08. The maximum Gasteiger partial charge on any atom is 0.221 e. The largest absolute Gasteiger partial charge is 0.491 e. The van der Waals surface area contributed by atoms with Gasteiger partial charge < -0.3 is 4.74 Å². The van der Waals surface area contributed by atoms with Crippen LogP contribution in [-0.2, 0) is 17.3 Å². The van der Waals surface area contributed by atoms with Crippen molar-refractivity contribution >= 4 is 16.6 Å². The third kappa shape index (κ3) is 3.98. The molecule has 0 aliphatic rings. The standard InChI is InChI=1S/C14H17N3O3S/c1-10(2)20-12-6-4-11(5-7-12)13(18)8-17-9-15-16-14(17)21(3)19/h4-7,9-10H,8H2,1-3H3. The Morgan fingerprint density at radius 3 is 2.57 bits per heavy atom. The lowest BCUT2D eigenvalue weighted by molar-refractivity contribution is 0.0969. The normalized spacial score (nSPS) is 12.4. The van der Waals surface area contributed by atoms with Crippen LogP contribution in [-0.4, -0.2) is 37.1 Å². The van der Waals surface area contributed by atoms with Gasteiger partial charge in [0, 0.05) is 11.8 Å². The third-order valence-electron chi connectivity index (χ3n) is 2.70. The van der Waals surface area contributed by atoms with E-state index in [4.69, 9.17) is 4.74 Å². The average molecular weight is 307 g/mol. The topological polar surface area (TPSA) is 74.1 Å². The van der Waals surface area contributed by atoms with Crippen molar-refractivity contribution in [1.29, 1.82) is 0 Å². The van der Waals surface area contributed by atoms with Gasteiger partial charge in [0.2, 0.25) is 5.16 Å². The number of carbonyl (C=O) groups excluding carboxylic acids is 1. The number of Topliss-reactive ketones (excluding diaryl/α,β-unsaturated/α-hetero) is 1. The first-order valence-corrected chi connectivity index (χ1v) is 8.04. The van der Waals surface area contributed by atoms with Crippen LogP contribution in [0.5, 0.6) is 5.75 Å². The first-order chi connectivity index (χ1) is 9.97. The summed E-state index contributed by atoms with van der Waals surface area (Å²) >= 11 is 0. The Hall–Kier alpha value is -2.02. The minimum absolute atomic E-state index is 0.0618. The summed E-state index contributed by atoms with van der Waals surface area (Å²) in [6.45, 7) is 3.95. The van der Waals surface area contributed by atoms with Gasteiger partial charge in [-0.1, -0.05) is 0 Å². The molecule has 0 aliphatic carbocycles. The molecule has 0 amide bonds. The van der Waals surface area contributed by atoms with E-state index < -0.39 is 10.8 Å². The number of nitrogens with zero attached hydrogens (tertiary/aromatic N) is 3. The summed E-state index contributed by atoms with van der Waals surface area (Å²) in [6.07, 6.45) is 3.00. The molecular weight excluding hydrogens is 290 g/mol. The number of rotatable bonds is 6. The van der Waals surface area contributed by atoms with Crippen molar-refractivity contribution < 1.29 is 13.7 Å². The Balaban J connectivity index is 2.10. The van der Waals surface area contributed by atoms with E-state index >= 15 is 0 Å². The Kier molecular flexibility index (Phi) is 4.85. The minimum Gasteiger partial charge on any atom is -0.491 e. The highest BCUT2D eigenvalue weighted by atomic mass is 32.2. The van der Waals surface area contributed by atoms with Gasteiger partial charge in [-0.2, -0.15) is 0 Å². The maximum atomic E-state index is 12.2. The molecule has 0 fully saturated rings. The maximum absolute atomic E-state index is 12.2. The number of carbonyl (C=O) groups is 1. The lowest BCUT2D eigenvalue weighted by Gasteiger charge is -2.10. The molecular formula is C14H17N3O3S. The number of ketones is 1. The lowest BCUT2D eigenvalue weighted by Crippen LogP contribution is -2.13. The minimum atomic E-state index is -1.28. The number of hydrogen-bond acceptors (Lipinski definition) is 5. The highest BCUT2D eigenvalue weighted by molar-refractivity contribution is 7.84. The van der Waals surface area contributed by atoms with Crippen molar-refractivity contribution in [2.24, 2.45) is 0 Å². The zero-order chi connectivity index (χ0) is 15.4. The number of benzene rings is 1. The van der Waals surface area contributed by atoms with Crippen LogP contribution in [0, 0.1) is 0 Å². The molecule has 0 saturated heterocycles. The molecule has 0 spiro atoms. The zero-order valence-corrected chi connectivity index (χ0v) is 13.0. The van der Waals surface area contributed by atoms with Gasteiger partial charge in [-0.3, -0.25) is 13.6 Å². The van der Waals surface area contributed by atoms with Crippen LogP contribution < -0.4 is 4.74 Å². The van der Waals surface area contributed by atoms with Gasteiger partial charge in [0.15, 0.2) is 5.78 Å².